The second kappa shape index (κ2) is 5.77. The Morgan fingerprint density at radius 2 is 2.26 bits per heavy atom. The van der Waals surface area contributed by atoms with Crippen LogP contribution in [0.15, 0.2) is 5.38 Å². The highest BCUT2D eigenvalue weighted by Crippen LogP contribution is 2.20. The lowest BCUT2D eigenvalue weighted by Crippen LogP contribution is -2.59. The number of thiazole rings is 1. The van der Waals surface area contributed by atoms with E-state index >= 15 is 0 Å². The number of piperazine rings is 1. The average molecular weight is 302 g/mol. The summed E-state index contributed by atoms with van der Waals surface area (Å²) in [7, 11) is 2.11. The largest absolute Gasteiger partial charge is 0.339 e. The molecule has 0 aromatic carbocycles. The van der Waals surface area contributed by atoms with Gasteiger partial charge >= 0.3 is 0 Å². The van der Waals surface area contributed by atoms with Crippen molar-refractivity contribution in [1.29, 1.82) is 0 Å². The summed E-state index contributed by atoms with van der Waals surface area (Å²) in [6, 6.07) is 0. The minimum absolute atomic E-state index is 0.0398. The number of halogens is 1. The van der Waals surface area contributed by atoms with Gasteiger partial charge in [0, 0.05) is 30.6 Å². The lowest BCUT2D eigenvalue weighted by molar-refractivity contribution is -0.135. The molecule has 0 N–H and O–H groups in total. The molecule has 19 heavy (non-hydrogen) atoms. The molecule has 0 radical (unpaired) electrons. The Morgan fingerprint density at radius 3 is 2.84 bits per heavy atom. The first-order valence-electron chi connectivity index (χ1n) is 6.40. The number of nitrogens with zero attached hydrogens (tertiary/aromatic N) is 3. The lowest BCUT2D eigenvalue weighted by Gasteiger charge is -2.45. The summed E-state index contributed by atoms with van der Waals surface area (Å²) < 4.78 is 0. The number of carbonyl (C=O) groups is 1. The van der Waals surface area contributed by atoms with Crippen molar-refractivity contribution in [3.8, 4) is 0 Å². The van der Waals surface area contributed by atoms with E-state index in [9.17, 15) is 4.79 Å². The average Bonchev–Trinajstić information content (AvgIpc) is 2.80. The highest BCUT2D eigenvalue weighted by molar-refractivity contribution is 7.09. The Hall–Kier alpha value is -0.650. The summed E-state index contributed by atoms with van der Waals surface area (Å²) in [5.74, 6) is 0.573. The van der Waals surface area contributed by atoms with Crippen LogP contribution in [0.25, 0.3) is 0 Å². The Balaban J connectivity index is 1.97. The van der Waals surface area contributed by atoms with Crippen LogP contribution >= 0.6 is 22.9 Å². The molecule has 1 amide bonds. The third-order valence-electron chi connectivity index (χ3n) is 3.71. The summed E-state index contributed by atoms with van der Waals surface area (Å²) in [4.78, 5) is 20.9. The molecule has 6 heteroatoms. The minimum Gasteiger partial charge on any atom is -0.339 e. The molecule has 1 saturated heterocycles. The summed E-state index contributed by atoms with van der Waals surface area (Å²) >= 11 is 7.24. The second-order valence-electron chi connectivity index (χ2n) is 5.59. The standard InChI is InChI=1S/C13H20ClN3OS/c1-13(2)9-17(5-4-16(13)3)12(18)6-11-15-10(7-14)8-19-11/h8H,4-7,9H2,1-3H3. The van der Waals surface area contributed by atoms with E-state index in [1.165, 1.54) is 11.3 Å². The zero-order valence-electron chi connectivity index (χ0n) is 11.6. The summed E-state index contributed by atoms with van der Waals surface area (Å²) in [5, 5.41) is 2.78. The van der Waals surface area contributed by atoms with Crippen molar-refractivity contribution in [1.82, 2.24) is 14.8 Å². The number of amides is 1. The van der Waals surface area contributed by atoms with E-state index in [1.54, 1.807) is 0 Å². The molecule has 0 unspecified atom stereocenters. The smallest absolute Gasteiger partial charge is 0.229 e. The zero-order valence-corrected chi connectivity index (χ0v) is 13.2. The maximum atomic E-state index is 12.3. The van der Waals surface area contributed by atoms with Crippen LogP contribution in [-0.4, -0.2) is 52.9 Å². The van der Waals surface area contributed by atoms with Gasteiger partial charge in [-0.15, -0.1) is 22.9 Å². The van der Waals surface area contributed by atoms with Crippen molar-refractivity contribution < 1.29 is 4.79 Å². The van der Waals surface area contributed by atoms with Gasteiger partial charge in [0.25, 0.3) is 0 Å². The molecule has 0 bridgehead atoms. The predicted octanol–water partition coefficient (Wildman–Crippen LogP) is 1.98. The van der Waals surface area contributed by atoms with Crippen molar-refractivity contribution in [2.45, 2.75) is 31.7 Å². The quantitative estimate of drug-likeness (QED) is 0.801. The fraction of sp³-hybridized carbons (Fsp3) is 0.692. The summed E-state index contributed by atoms with van der Waals surface area (Å²) in [6.07, 6.45) is 0.390. The van der Waals surface area contributed by atoms with Gasteiger partial charge in [-0.25, -0.2) is 4.98 Å². The fourth-order valence-corrected chi connectivity index (χ4v) is 3.20. The molecule has 1 aliphatic heterocycles. The Morgan fingerprint density at radius 1 is 1.53 bits per heavy atom. The maximum Gasteiger partial charge on any atom is 0.229 e. The van der Waals surface area contributed by atoms with E-state index in [-0.39, 0.29) is 11.4 Å². The lowest BCUT2D eigenvalue weighted by atomic mass is 9.99. The second-order valence-corrected chi connectivity index (χ2v) is 6.80. The van der Waals surface area contributed by atoms with Crippen molar-refractivity contribution >= 4 is 28.8 Å². The minimum atomic E-state index is 0.0398. The van der Waals surface area contributed by atoms with E-state index in [1.807, 2.05) is 10.3 Å². The van der Waals surface area contributed by atoms with E-state index in [0.29, 0.717) is 12.3 Å². The highest BCUT2D eigenvalue weighted by atomic mass is 35.5. The van der Waals surface area contributed by atoms with Gasteiger partial charge in [-0.3, -0.25) is 9.69 Å². The monoisotopic (exact) mass is 301 g/mol. The van der Waals surface area contributed by atoms with Gasteiger partial charge in [-0.1, -0.05) is 0 Å². The van der Waals surface area contributed by atoms with Crippen LogP contribution in [0.4, 0.5) is 0 Å². The van der Waals surface area contributed by atoms with Crippen molar-refractivity contribution in [3.63, 3.8) is 0 Å². The maximum absolute atomic E-state index is 12.3. The summed E-state index contributed by atoms with van der Waals surface area (Å²) in [5.41, 5.74) is 0.895. The molecule has 1 aliphatic rings. The van der Waals surface area contributed by atoms with Crippen LogP contribution in [-0.2, 0) is 17.1 Å². The molecule has 1 fully saturated rings. The number of rotatable bonds is 3. The first kappa shape index (κ1) is 14.8. The Bertz CT molecular complexity index is 460. The summed E-state index contributed by atoms with van der Waals surface area (Å²) in [6.45, 7) is 6.83. The molecule has 0 spiro atoms. The van der Waals surface area contributed by atoms with Gasteiger partial charge in [-0.2, -0.15) is 0 Å². The molecule has 1 aromatic heterocycles. The molecular formula is C13H20ClN3OS. The molecule has 0 aliphatic carbocycles. The van der Waals surface area contributed by atoms with Crippen LogP contribution in [0.3, 0.4) is 0 Å². The SMILES string of the molecule is CN1CCN(C(=O)Cc2nc(CCl)cs2)CC1(C)C. The third-order valence-corrected chi connectivity index (χ3v) is 4.88. The van der Waals surface area contributed by atoms with Gasteiger partial charge in [0.2, 0.25) is 5.91 Å². The van der Waals surface area contributed by atoms with Gasteiger partial charge in [-0.05, 0) is 20.9 Å². The van der Waals surface area contributed by atoms with Gasteiger partial charge in [0.1, 0.15) is 5.01 Å². The Labute approximate surface area is 123 Å². The van der Waals surface area contributed by atoms with E-state index in [4.69, 9.17) is 11.6 Å². The molecule has 106 valence electrons. The molecular weight excluding hydrogens is 282 g/mol. The first-order valence-corrected chi connectivity index (χ1v) is 7.82. The molecule has 2 rings (SSSR count). The predicted molar refractivity (Wildman–Crippen MR) is 78.7 cm³/mol. The molecule has 4 nitrogen and oxygen atoms in total. The number of carbonyl (C=O) groups excluding carboxylic acids is 1. The van der Waals surface area contributed by atoms with Gasteiger partial charge < -0.3 is 4.90 Å². The number of likely N-dealkylation sites (N-methyl/N-ethyl adjacent to an activating group) is 1. The molecule has 2 heterocycles. The van der Waals surface area contributed by atoms with Crippen molar-refractivity contribution in [2.75, 3.05) is 26.7 Å². The molecule has 0 atom stereocenters. The van der Waals surface area contributed by atoms with E-state index in [2.05, 4.69) is 30.8 Å². The van der Waals surface area contributed by atoms with Crippen LogP contribution in [0.1, 0.15) is 24.5 Å². The van der Waals surface area contributed by atoms with Gasteiger partial charge in [0.05, 0.1) is 18.0 Å². The normalized spacial score (nSPS) is 19.7. The number of aromatic nitrogens is 1. The molecule has 0 saturated carbocycles. The zero-order chi connectivity index (χ0) is 14.0. The fourth-order valence-electron chi connectivity index (χ4n) is 2.19. The molecule has 1 aromatic rings. The number of alkyl halides is 1. The first-order chi connectivity index (χ1) is 8.92. The van der Waals surface area contributed by atoms with Crippen LogP contribution in [0.5, 0.6) is 0 Å². The number of hydrogen-bond acceptors (Lipinski definition) is 4. The third kappa shape index (κ3) is 3.46. The van der Waals surface area contributed by atoms with E-state index in [0.717, 1.165) is 30.3 Å². The van der Waals surface area contributed by atoms with Crippen molar-refractivity contribution in [3.05, 3.63) is 16.1 Å². The van der Waals surface area contributed by atoms with E-state index < -0.39 is 0 Å². The van der Waals surface area contributed by atoms with Crippen LogP contribution in [0, 0.1) is 0 Å². The van der Waals surface area contributed by atoms with Crippen LogP contribution < -0.4 is 0 Å². The topological polar surface area (TPSA) is 36.4 Å². The Kier molecular flexibility index (Phi) is 4.48. The van der Waals surface area contributed by atoms with Crippen LogP contribution in [0.2, 0.25) is 0 Å². The number of hydrogen-bond donors (Lipinski definition) is 0. The highest BCUT2D eigenvalue weighted by Gasteiger charge is 2.33. The van der Waals surface area contributed by atoms with Crippen molar-refractivity contribution in [2.24, 2.45) is 0 Å². The van der Waals surface area contributed by atoms with Gasteiger partial charge in [0.15, 0.2) is 0 Å².